The number of hydrogen-bond acceptors (Lipinski definition) is 4. The van der Waals surface area contributed by atoms with E-state index < -0.39 is 0 Å². The second-order valence-corrected chi connectivity index (χ2v) is 8.38. The summed E-state index contributed by atoms with van der Waals surface area (Å²) in [4.78, 5) is 12.8. The van der Waals surface area contributed by atoms with Crippen molar-refractivity contribution in [3.63, 3.8) is 0 Å². The smallest absolute Gasteiger partial charge is 0.274 e. The van der Waals surface area contributed by atoms with E-state index in [9.17, 15) is 9.18 Å². The van der Waals surface area contributed by atoms with Crippen molar-refractivity contribution in [1.82, 2.24) is 10.5 Å². The Hall–Kier alpha value is -3.15. The molecule has 3 rings (SSSR count). The Labute approximate surface area is 176 Å². The number of nitrogens with zero attached hydrogens (tertiary/aromatic N) is 1. The van der Waals surface area contributed by atoms with Crippen LogP contribution < -0.4 is 10.1 Å². The molecule has 1 N–H and O–H groups in total. The number of carbonyl (C=O) groups excluding carboxylic acids is 1. The number of halogens is 1. The highest BCUT2D eigenvalue weighted by molar-refractivity contribution is 5.94. The van der Waals surface area contributed by atoms with Gasteiger partial charge in [-0.15, -0.1) is 0 Å². The lowest BCUT2D eigenvalue weighted by molar-refractivity contribution is 0.0928. The SMILES string of the molecule is Cc1onc(C(=O)NC(C)c2ccc(C(C)(C)C)cc2)c1COc1ccc(F)cc1. The molecular formula is C24H27FN2O3. The number of hydrogen-bond donors (Lipinski definition) is 1. The van der Waals surface area contributed by atoms with Crippen LogP contribution in [0.3, 0.4) is 0 Å². The average Bonchev–Trinajstić information content (AvgIpc) is 3.07. The van der Waals surface area contributed by atoms with Crippen molar-refractivity contribution in [3.8, 4) is 5.75 Å². The van der Waals surface area contributed by atoms with Gasteiger partial charge in [-0.05, 0) is 54.7 Å². The molecule has 30 heavy (non-hydrogen) atoms. The summed E-state index contributed by atoms with van der Waals surface area (Å²) in [5, 5.41) is 6.87. The van der Waals surface area contributed by atoms with Crippen LogP contribution in [0.15, 0.2) is 53.1 Å². The largest absolute Gasteiger partial charge is 0.489 e. The minimum absolute atomic E-state index is 0.0721. The first-order chi connectivity index (χ1) is 14.1. The monoisotopic (exact) mass is 410 g/mol. The quantitative estimate of drug-likeness (QED) is 0.584. The molecule has 0 spiro atoms. The third kappa shape index (κ3) is 5.06. The number of aryl methyl sites for hydroxylation is 1. The zero-order valence-electron chi connectivity index (χ0n) is 18.0. The summed E-state index contributed by atoms with van der Waals surface area (Å²) < 4.78 is 23.9. The molecule has 158 valence electrons. The summed E-state index contributed by atoms with van der Waals surface area (Å²) in [6.45, 7) is 10.2. The molecule has 0 aliphatic heterocycles. The second kappa shape index (κ2) is 8.69. The normalized spacial score (nSPS) is 12.5. The van der Waals surface area contributed by atoms with Gasteiger partial charge in [-0.25, -0.2) is 4.39 Å². The molecular weight excluding hydrogens is 383 g/mol. The van der Waals surface area contributed by atoms with E-state index in [4.69, 9.17) is 9.26 Å². The van der Waals surface area contributed by atoms with E-state index in [1.54, 1.807) is 6.92 Å². The Morgan fingerprint density at radius 3 is 2.37 bits per heavy atom. The van der Waals surface area contributed by atoms with E-state index in [0.29, 0.717) is 17.1 Å². The van der Waals surface area contributed by atoms with Crippen LogP contribution >= 0.6 is 0 Å². The lowest BCUT2D eigenvalue weighted by Gasteiger charge is -2.20. The summed E-state index contributed by atoms with van der Waals surface area (Å²) in [5.41, 5.74) is 3.06. The number of rotatable bonds is 6. The maximum Gasteiger partial charge on any atom is 0.274 e. The maximum absolute atomic E-state index is 13.0. The molecule has 1 atom stereocenters. The fraction of sp³-hybridized carbons (Fsp3) is 0.333. The van der Waals surface area contributed by atoms with Crippen LogP contribution in [-0.2, 0) is 12.0 Å². The molecule has 0 aliphatic rings. The fourth-order valence-electron chi connectivity index (χ4n) is 3.05. The summed E-state index contributed by atoms with van der Waals surface area (Å²) in [6.07, 6.45) is 0. The highest BCUT2D eigenvalue weighted by Crippen LogP contribution is 2.24. The minimum atomic E-state index is -0.340. The molecule has 0 radical (unpaired) electrons. The fourth-order valence-corrected chi connectivity index (χ4v) is 3.05. The summed E-state index contributed by atoms with van der Waals surface area (Å²) in [5.74, 6) is 0.324. The molecule has 3 aromatic rings. The topological polar surface area (TPSA) is 64.4 Å². The van der Waals surface area contributed by atoms with Crippen molar-refractivity contribution in [2.45, 2.75) is 52.7 Å². The van der Waals surface area contributed by atoms with Gasteiger partial charge in [0, 0.05) is 0 Å². The van der Waals surface area contributed by atoms with Crippen LogP contribution in [0.4, 0.5) is 4.39 Å². The highest BCUT2D eigenvalue weighted by Gasteiger charge is 2.22. The Balaban J connectivity index is 1.68. The van der Waals surface area contributed by atoms with Gasteiger partial charge >= 0.3 is 0 Å². The zero-order chi connectivity index (χ0) is 21.9. The van der Waals surface area contributed by atoms with E-state index in [1.807, 2.05) is 19.1 Å². The van der Waals surface area contributed by atoms with Crippen molar-refractivity contribution in [2.24, 2.45) is 0 Å². The average molecular weight is 410 g/mol. The number of aromatic nitrogens is 1. The lowest BCUT2D eigenvalue weighted by Crippen LogP contribution is -2.28. The van der Waals surface area contributed by atoms with E-state index in [-0.39, 0.29) is 35.5 Å². The third-order valence-electron chi connectivity index (χ3n) is 5.02. The third-order valence-corrected chi connectivity index (χ3v) is 5.02. The van der Waals surface area contributed by atoms with Crippen molar-refractivity contribution >= 4 is 5.91 Å². The number of carbonyl (C=O) groups is 1. The molecule has 5 nitrogen and oxygen atoms in total. The van der Waals surface area contributed by atoms with Gasteiger partial charge in [0.2, 0.25) is 0 Å². The van der Waals surface area contributed by atoms with Crippen molar-refractivity contribution in [3.05, 3.63) is 82.5 Å². The molecule has 6 heteroatoms. The predicted molar refractivity (Wildman–Crippen MR) is 113 cm³/mol. The van der Waals surface area contributed by atoms with E-state index in [1.165, 1.54) is 29.8 Å². The van der Waals surface area contributed by atoms with Crippen LogP contribution in [0.2, 0.25) is 0 Å². The first-order valence-corrected chi connectivity index (χ1v) is 9.90. The van der Waals surface area contributed by atoms with Gasteiger partial charge in [0.15, 0.2) is 5.69 Å². The lowest BCUT2D eigenvalue weighted by atomic mass is 9.86. The van der Waals surface area contributed by atoms with Crippen LogP contribution in [0.1, 0.15) is 66.7 Å². The first kappa shape index (κ1) is 21.6. The van der Waals surface area contributed by atoms with E-state index >= 15 is 0 Å². The van der Waals surface area contributed by atoms with E-state index in [0.717, 1.165) is 5.56 Å². The molecule has 2 aromatic carbocycles. The van der Waals surface area contributed by atoms with Gasteiger partial charge in [-0.3, -0.25) is 4.79 Å². The number of amides is 1. The Morgan fingerprint density at radius 1 is 1.13 bits per heavy atom. The number of nitrogens with one attached hydrogen (secondary N) is 1. The standard InChI is InChI=1S/C24H27FN2O3/c1-15(17-6-8-18(9-7-17)24(3,4)5)26-23(28)22-21(16(2)30-27-22)14-29-20-12-10-19(25)11-13-20/h6-13,15H,14H2,1-5H3,(H,26,28). The van der Waals surface area contributed by atoms with Gasteiger partial charge in [0.05, 0.1) is 11.6 Å². The van der Waals surface area contributed by atoms with Crippen LogP contribution in [0.25, 0.3) is 0 Å². The summed E-state index contributed by atoms with van der Waals surface area (Å²) in [7, 11) is 0. The van der Waals surface area contributed by atoms with Gasteiger partial charge in [0.25, 0.3) is 5.91 Å². The van der Waals surface area contributed by atoms with Crippen LogP contribution in [0.5, 0.6) is 5.75 Å². The molecule has 0 saturated heterocycles. The summed E-state index contributed by atoms with van der Waals surface area (Å²) in [6, 6.07) is 13.7. The highest BCUT2D eigenvalue weighted by atomic mass is 19.1. The predicted octanol–water partition coefficient (Wildman–Crippen LogP) is 5.49. The molecule has 1 heterocycles. The first-order valence-electron chi connectivity index (χ1n) is 9.90. The zero-order valence-corrected chi connectivity index (χ0v) is 18.0. The maximum atomic E-state index is 13.0. The Bertz CT molecular complexity index is 1000. The van der Waals surface area contributed by atoms with Crippen molar-refractivity contribution < 1.29 is 18.4 Å². The Morgan fingerprint density at radius 2 is 1.77 bits per heavy atom. The molecule has 0 aliphatic carbocycles. The molecule has 1 aromatic heterocycles. The van der Waals surface area contributed by atoms with Crippen molar-refractivity contribution in [1.29, 1.82) is 0 Å². The second-order valence-electron chi connectivity index (χ2n) is 8.38. The Kier molecular flexibility index (Phi) is 6.25. The van der Waals surface area contributed by atoms with Crippen molar-refractivity contribution in [2.75, 3.05) is 0 Å². The van der Waals surface area contributed by atoms with Gasteiger partial charge in [-0.1, -0.05) is 50.2 Å². The van der Waals surface area contributed by atoms with Crippen LogP contribution in [0, 0.1) is 12.7 Å². The molecule has 0 fully saturated rings. The molecule has 1 amide bonds. The summed E-state index contributed by atoms with van der Waals surface area (Å²) >= 11 is 0. The molecule has 0 bridgehead atoms. The van der Waals surface area contributed by atoms with Gasteiger partial charge in [0.1, 0.15) is 23.9 Å². The van der Waals surface area contributed by atoms with E-state index in [2.05, 4.69) is 43.4 Å². The molecule has 0 saturated carbocycles. The number of benzene rings is 2. The number of ether oxygens (including phenoxy) is 1. The minimum Gasteiger partial charge on any atom is -0.489 e. The van der Waals surface area contributed by atoms with Gasteiger partial charge in [-0.2, -0.15) is 0 Å². The molecule has 1 unspecified atom stereocenters. The van der Waals surface area contributed by atoms with Crippen LogP contribution in [-0.4, -0.2) is 11.1 Å². The van der Waals surface area contributed by atoms with Gasteiger partial charge < -0.3 is 14.6 Å².